The van der Waals surface area contributed by atoms with E-state index in [0.717, 1.165) is 12.1 Å². The first kappa shape index (κ1) is 12.8. The van der Waals surface area contributed by atoms with Crippen LogP contribution in [0.2, 0.25) is 5.02 Å². The van der Waals surface area contributed by atoms with Crippen LogP contribution in [-0.2, 0) is 12.7 Å². The number of halogens is 4. The molecule has 2 rings (SSSR count). The van der Waals surface area contributed by atoms with Crippen molar-refractivity contribution in [2.24, 2.45) is 5.73 Å². The average molecular weight is 277 g/mol. The normalized spacial score (nSPS) is 11.8. The fourth-order valence-electron chi connectivity index (χ4n) is 1.39. The second-order valence-electron chi connectivity index (χ2n) is 3.55. The van der Waals surface area contributed by atoms with Crippen molar-refractivity contribution in [1.29, 1.82) is 0 Å². The Labute approximate surface area is 105 Å². The van der Waals surface area contributed by atoms with Gasteiger partial charge >= 0.3 is 6.18 Å². The van der Waals surface area contributed by atoms with Crippen LogP contribution in [0.1, 0.15) is 11.3 Å². The molecule has 0 saturated carbocycles. The molecule has 0 spiro atoms. The number of hydrogen-bond acceptors (Lipinski definition) is 3. The average Bonchev–Trinajstić information content (AvgIpc) is 2.75. The number of alkyl halides is 3. The van der Waals surface area contributed by atoms with Crippen LogP contribution in [0.5, 0.6) is 0 Å². The van der Waals surface area contributed by atoms with Gasteiger partial charge in [0.2, 0.25) is 0 Å². The Morgan fingerprint density at radius 2 is 2.00 bits per heavy atom. The van der Waals surface area contributed by atoms with E-state index in [1.165, 1.54) is 16.9 Å². The van der Waals surface area contributed by atoms with E-state index in [0.29, 0.717) is 5.69 Å². The molecule has 0 aliphatic rings. The number of benzene rings is 1. The lowest BCUT2D eigenvalue weighted by Crippen LogP contribution is -2.06. The van der Waals surface area contributed by atoms with E-state index in [1.807, 2.05) is 0 Å². The molecule has 4 nitrogen and oxygen atoms in total. The summed E-state index contributed by atoms with van der Waals surface area (Å²) in [5, 5.41) is 7.35. The maximum atomic E-state index is 12.6. The summed E-state index contributed by atoms with van der Waals surface area (Å²) in [6.45, 7) is 0.159. The summed E-state index contributed by atoms with van der Waals surface area (Å²) in [4.78, 5) is 0. The van der Waals surface area contributed by atoms with Gasteiger partial charge in [-0.3, -0.25) is 0 Å². The number of rotatable bonds is 2. The van der Waals surface area contributed by atoms with Gasteiger partial charge in [0, 0.05) is 11.6 Å². The van der Waals surface area contributed by atoms with Crippen molar-refractivity contribution in [2.75, 3.05) is 0 Å². The molecule has 0 saturated heterocycles. The molecule has 1 aromatic heterocycles. The van der Waals surface area contributed by atoms with Gasteiger partial charge in [-0.2, -0.15) is 13.2 Å². The summed E-state index contributed by atoms with van der Waals surface area (Å²) in [6.07, 6.45) is -3.01. The van der Waals surface area contributed by atoms with E-state index < -0.39 is 11.7 Å². The quantitative estimate of drug-likeness (QED) is 0.916. The molecule has 0 amide bonds. The molecule has 96 valence electrons. The largest absolute Gasteiger partial charge is 0.416 e. The molecule has 1 heterocycles. The molecule has 18 heavy (non-hydrogen) atoms. The van der Waals surface area contributed by atoms with Gasteiger partial charge in [-0.25, -0.2) is 4.68 Å². The van der Waals surface area contributed by atoms with E-state index >= 15 is 0 Å². The monoisotopic (exact) mass is 276 g/mol. The molecule has 1 aromatic carbocycles. The third-order valence-corrected chi connectivity index (χ3v) is 2.44. The van der Waals surface area contributed by atoms with Gasteiger partial charge in [-0.05, 0) is 18.2 Å². The topological polar surface area (TPSA) is 56.7 Å². The lowest BCUT2D eigenvalue weighted by atomic mass is 10.2. The van der Waals surface area contributed by atoms with Gasteiger partial charge in [-0.1, -0.05) is 16.8 Å². The molecule has 2 aromatic rings. The van der Waals surface area contributed by atoms with E-state index in [2.05, 4.69) is 10.3 Å². The zero-order valence-corrected chi connectivity index (χ0v) is 9.70. The molecule has 0 aliphatic heterocycles. The summed E-state index contributed by atoms with van der Waals surface area (Å²) >= 11 is 5.66. The Kier molecular flexibility index (Phi) is 3.27. The second kappa shape index (κ2) is 4.58. The number of nitrogens with two attached hydrogens (primary N) is 1. The lowest BCUT2D eigenvalue weighted by Gasteiger charge is -2.09. The third kappa shape index (κ3) is 2.62. The summed E-state index contributed by atoms with van der Waals surface area (Å²) in [6, 6.07) is 3.17. The fourth-order valence-corrected chi connectivity index (χ4v) is 1.62. The van der Waals surface area contributed by atoms with E-state index in [4.69, 9.17) is 17.3 Å². The van der Waals surface area contributed by atoms with Crippen molar-refractivity contribution in [3.8, 4) is 5.69 Å². The number of nitrogens with zero attached hydrogens (tertiary/aromatic N) is 3. The number of hydrogen-bond donors (Lipinski definition) is 1. The standard InChI is InChI=1S/C10H8ClF3N4/c11-7-1-6(10(12,13)14)2-9(3-7)18-5-8(4-15)16-17-18/h1-3,5H,4,15H2. The molecule has 8 heteroatoms. The van der Waals surface area contributed by atoms with Crippen LogP contribution in [0.25, 0.3) is 5.69 Å². The smallest absolute Gasteiger partial charge is 0.325 e. The van der Waals surface area contributed by atoms with Gasteiger partial charge in [0.05, 0.1) is 23.1 Å². The van der Waals surface area contributed by atoms with Crippen LogP contribution in [0.4, 0.5) is 13.2 Å². The van der Waals surface area contributed by atoms with E-state index in [9.17, 15) is 13.2 Å². The first-order chi connectivity index (χ1) is 8.40. The minimum absolute atomic E-state index is 0.0235. The maximum Gasteiger partial charge on any atom is 0.416 e. The Balaban J connectivity index is 2.48. The SMILES string of the molecule is NCc1cn(-c2cc(Cl)cc(C(F)(F)F)c2)nn1. The summed E-state index contributed by atoms with van der Waals surface area (Å²) < 4.78 is 39.0. The minimum atomic E-state index is -4.46. The van der Waals surface area contributed by atoms with Crippen molar-refractivity contribution >= 4 is 11.6 Å². The molecule has 0 bridgehead atoms. The predicted molar refractivity (Wildman–Crippen MR) is 59.3 cm³/mol. The minimum Gasteiger partial charge on any atom is -0.325 e. The van der Waals surface area contributed by atoms with Crippen LogP contribution < -0.4 is 5.73 Å². The highest BCUT2D eigenvalue weighted by Crippen LogP contribution is 2.32. The van der Waals surface area contributed by atoms with Crippen molar-refractivity contribution in [3.05, 3.63) is 40.7 Å². The van der Waals surface area contributed by atoms with Crippen LogP contribution in [0.15, 0.2) is 24.4 Å². The van der Waals surface area contributed by atoms with Gasteiger partial charge in [0.1, 0.15) is 0 Å². The lowest BCUT2D eigenvalue weighted by molar-refractivity contribution is -0.137. The molecular weight excluding hydrogens is 269 g/mol. The maximum absolute atomic E-state index is 12.6. The Bertz CT molecular complexity index is 564. The van der Waals surface area contributed by atoms with Gasteiger partial charge < -0.3 is 5.73 Å². The van der Waals surface area contributed by atoms with Crippen LogP contribution >= 0.6 is 11.6 Å². The van der Waals surface area contributed by atoms with Crippen LogP contribution in [0.3, 0.4) is 0 Å². The van der Waals surface area contributed by atoms with E-state index in [1.54, 1.807) is 0 Å². The molecule has 0 radical (unpaired) electrons. The zero-order chi connectivity index (χ0) is 13.3. The fraction of sp³-hybridized carbons (Fsp3) is 0.200. The Morgan fingerprint density at radius 3 is 2.56 bits per heavy atom. The van der Waals surface area contributed by atoms with Gasteiger partial charge in [0.15, 0.2) is 0 Å². The third-order valence-electron chi connectivity index (χ3n) is 2.22. The highest BCUT2D eigenvalue weighted by Gasteiger charge is 2.31. The van der Waals surface area contributed by atoms with Gasteiger partial charge in [0.25, 0.3) is 0 Å². The highest BCUT2D eigenvalue weighted by atomic mass is 35.5. The van der Waals surface area contributed by atoms with Crippen molar-refractivity contribution < 1.29 is 13.2 Å². The summed E-state index contributed by atoms with van der Waals surface area (Å²) in [5.74, 6) is 0. The first-order valence-corrected chi connectivity index (χ1v) is 5.27. The van der Waals surface area contributed by atoms with E-state index in [-0.39, 0.29) is 17.3 Å². The molecule has 2 N–H and O–H groups in total. The van der Waals surface area contributed by atoms with Gasteiger partial charge in [-0.15, -0.1) is 5.10 Å². The Hall–Kier alpha value is -1.60. The second-order valence-corrected chi connectivity index (χ2v) is 3.99. The molecule has 0 atom stereocenters. The first-order valence-electron chi connectivity index (χ1n) is 4.89. The molecule has 0 fully saturated rings. The molecule has 0 unspecified atom stereocenters. The van der Waals surface area contributed by atoms with Crippen molar-refractivity contribution in [3.63, 3.8) is 0 Å². The van der Waals surface area contributed by atoms with Crippen molar-refractivity contribution in [1.82, 2.24) is 15.0 Å². The van der Waals surface area contributed by atoms with Crippen molar-refractivity contribution in [2.45, 2.75) is 12.7 Å². The predicted octanol–water partition coefficient (Wildman–Crippen LogP) is 2.40. The highest BCUT2D eigenvalue weighted by molar-refractivity contribution is 6.30. The zero-order valence-electron chi connectivity index (χ0n) is 8.95. The summed E-state index contributed by atoms with van der Waals surface area (Å²) in [7, 11) is 0. The van der Waals surface area contributed by atoms with Crippen LogP contribution in [-0.4, -0.2) is 15.0 Å². The van der Waals surface area contributed by atoms with Crippen LogP contribution in [0, 0.1) is 0 Å². The molecular formula is C10H8ClF3N4. The summed E-state index contributed by atoms with van der Waals surface area (Å²) in [5.41, 5.74) is 5.17. The molecule has 0 aliphatic carbocycles. The number of aromatic nitrogens is 3. The Morgan fingerprint density at radius 1 is 1.28 bits per heavy atom.